The standard InChI is InChI=1S/C18H22N2O5S/c1-11-5-7-12(8-6-11)26-19-16(23)15-13(21)9-20(10-14(15)22)17(24)25-18(2,3)4/h5-8,21H,9-10H2,1-4H3,(H,19,23). The first-order valence-electron chi connectivity index (χ1n) is 8.04. The Hall–Kier alpha value is -2.48. The van der Waals surface area contributed by atoms with E-state index in [1.54, 1.807) is 20.8 Å². The molecule has 0 unspecified atom stereocenters. The minimum absolute atomic E-state index is 0.251. The number of ketones is 1. The van der Waals surface area contributed by atoms with Gasteiger partial charge in [0.25, 0.3) is 5.91 Å². The average molecular weight is 378 g/mol. The van der Waals surface area contributed by atoms with Crippen LogP contribution in [0.25, 0.3) is 0 Å². The van der Waals surface area contributed by atoms with Crippen molar-refractivity contribution in [1.82, 2.24) is 9.62 Å². The topological polar surface area (TPSA) is 95.9 Å². The first kappa shape index (κ1) is 19.8. The predicted octanol–water partition coefficient (Wildman–Crippen LogP) is 2.75. The molecule has 0 aliphatic carbocycles. The quantitative estimate of drug-likeness (QED) is 0.620. The van der Waals surface area contributed by atoms with Gasteiger partial charge in [0.15, 0.2) is 5.78 Å². The monoisotopic (exact) mass is 378 g/mol. The van der Waals surface area contributed by atoms with E-state index < -0.39 is 29.1 Å². The van der Waals surface area contributed by atoms with Gasteiger partial charge in [-0.15, -0.1) is 0 Å². The summed E-state index contributed by atoms with van der Waals surface area (Å²) in [5.74, 6) is -1.78. The Bertz CT molecular complexity index is 750. The molecule has 1 aliphatic rings. The van der Waals surface area contributed by atoms with Crippen LogP contribution < -0.4 is 4.72 Å². The van der Waals surface area contributed by atoms with Gasteiger partial charge in [0, 0.05) is 4.90 Å². The summed E-state index contributed by atoms with van der Waals surface area (Å²) in [5, 5.41) is 10.1. The highest BCUT2D eigenvalue weighted by atomic mass is 32.2. The predicted molar refractivity (Wildman–Crippen MR) is 97.6 cm³/mol. The molecule has 0 saturated heterocycles. The number of rotatable bonds is 3. The molecule has 26 heavy (non-hydrogen) atoms. The lowest BCUT2D eigenvalue weighted by molar-refractivity contribution is -0.123. The summed E-state index contributed by atoms with van der Waals surface area (Å²) in [6.07, 6.45) is -0.717. The second-order valence-corrected chi connectivity index (χ2v) is 7.81. The highest BCUT2D eigenvalue weighted by Gasteiger charge is 2.34. The molecule has 0 radical (unpaired) electrons. The third-order valence-electron chi connectivity index (χ3n) is 3.40. The van der Waals surface area contributed by atoms with E-state index in [4.69, 9.17) is 4.74 Å². The van der Waals surface area contributed by atoms with Crippen molar-refractivity contribution in [2.45, 2.75) is 38.2 Å². The minimum atomic E-state index is -0.720. The number of hydrogen-bond donors (Lipinski definition) is 2. The number of benzene rings is 1. The Balaban J connectivity index is 2.03. The van der Waals surface area contributed by atoms with Gasteiger partial charge in [-0.05, 0) is 51.8 Å². The van der Waals surface area contributed by atoms with E-state index in [-0.39, 0.29) is 18.7 Å². The first-order valence-corrected chi connectivity index (χ1v) is 8.85. The van der Waals surface area contributed by atoms with Gasteiger partial charge in [0.2, 0.25) is 0 Å². The third-order valence-corrected chi connectivity index (χ3v) is 4.20. The van der Waals surface area contributed by atoms with Gasteiger partial charge in [-0.3, -0.25) is 19.2 Å². The fourth-order valence-electron chi connectivity index (χ4n) is 2.20. The fraction of sp³-hybridized carbons (Fsp3) is 0.389. The van der Waals surface area contributed by atoms with Crippen molar-refractivity contribution < 1.29 is 24.2 Å². The van der Waals surface area contributed by atoms with Gasteiger partial charge in [0.05, 0.1) is 13.1 Å². The van der Waals surface area contributed by atoms with Gasteiger partial charge in [0.1, 0.15) is 16.9 Å². The Labute approximate surface area is 156 Å². The number of nitrogens with zero attached hydrogens (tertiary/aromatic N) is 1. The van der Waals surface area contributed by atoms with E-state index >= 15 is 0 Å². The molecule has 1 aliphatic heterocycles. The Morgan fingerprint density at radius 1 is 1.19 bits per heavy atom. The Morgan fingerprint density at radius 2 is 1.81 bits per heavy atom. The number of ether oxygens (including phenoxy) is 1. The zero-order valence-corrected chi connectivity index (χ0v) is 16.0. The summed E-state index contributed by atoms with van der Waals surface area (Å²) in [7, 11) is 0. The number of aryl methyl sites for hydroxylation is 1. The smallest absolute Gasteiger partial charge is 0.411 e. The molecular weight excluding hydrogens is 356 g/mol. The zero-order valence-electron chi connectivity index (χ0n) is 15.2. The number of carbonyl (C=O) groups is 3. The summed E-state index contributed by atoms with van der Waals surface area (Å²) in [5.41, 5.74) is 0.0389. The maximum absolute atomic E-state index is 12.3. The van der Waals surface area contributed by atoms with Crippen LogP contribution in [0, 0.1) is 6.92 Å². The first-order chi connectivity index (χ1) is 12.1. The molecular formula is C18H22N2O5S. The number of carbonyl (C=O) groups excluding carboxylic acids is 3. The van der Waals surface area contributed by atoms with Gasteiger partial charge in [-0.25, -0.2) is 4.79 Å². The molecule has 1 aromatic carbocycles. The van der Waals surface area contributed by atoms with Gasteiger partial charge in [-0.2, -0.15) is 0 Å². The maximum Gasteiger partial charge on any atom is 0.411 e. The van der Waals surface area contributed by atoms with Crippen molar-refractivity contribution in [2.24, 2.45) is 0 Å². The van der Waals surface area contributed by atoms with Crippen molar-refractivity contribution in [3.8, 4) is 0 Å². The van der Waals surface area contributed by atoms with Gasteiger partial charge >= 0.3 is 6.09 Å². The van der Waals surface area contributed by atoms with Crippen LogP contribution in [0.1, 0.15) is 26.3 Å². The molecule has 7 nitrogen and oxygen atoms in total. The fourth-order valence-corrected chi connectivity index (χ4v) is 2.79. The number of Topliss-reactive ketones (excluding diaryl/α,β-unsaturated/α-hetero) is 1. The van der Waals surface area contributed by atoms with Crippen LogP contribution >= 0.6 is 11.9 Å². The average Bonchev–Trinajstić information content (AvgIpc) is 2.52. The third kappa shape index (κ3) is 5.26. The molecule has 140 valence electrons. The molecule has 0 atom stereocenters. The molecule has 0 spiro atoms. The van der Waals surface area contributed by atoms with Crippen LogP contribution in [-0.2, 0) is 14.3 Å². The molecule has 2 rings (SSSR count). The van der Waals surface area contributed by atoms with Crippen molar-refractivity contribution >= 4 is 29.7 Å². The summed E-state index contributed by atoms with van der Waals surface area (Å²) in [6, 6.07) is 7.47. The molecule has 1 aromatic rings. The zero-order chi connectivity index (χ0) is 19.5. The summed E-state index contributed by atoms with van der Waals surface area (Å²) in [6.45, 7) is 6.48. The SMILES string of the molecule is Cc1ccc(SNC(=O)C2=C(O)CN(C(=O)OC(C)(C)C)CC2=O)cc1. The Morgan fingerprint density at radius 3 is 2.35 bits per heavy atom. The Kier molecular flexibility index (Phi) is 5.97. The van der Waals surface area contributed by atoms with Crippen molar-refractivity contribution in [1.29, 1.82) is 0 Å². The molecule has 0 fully saturated rings. The van der Waals surface area contributed by atoms with Gasteiger partial charge < -0.3 is 9.84 Å². The lowest BCUT2D eigenvalue weighted by Gasteiger charge is -2.29. The van der Waals surface area contributed by atoms with Crippen molar-refractivity contribution in [3.63, 3.8) is 0 Å². The molecule has 0 bridgehead atoms. The highest BCUT2D eigenvalue weighted by Crippen LogP contribution is 2.20. The number of aliphatic hydroxyl groups is 1. The molecule has 0 saturated carbocycles. The maximum atomic E-state index is 12.3. The lowest BCUT2D eigenvalue weighted by Crippen LogP contribution is -2.46. The van der Waals surface area contributed by atoms with E-state index in [1.807, 2.05) is 31.2 Å². The van der Waals surface area contributed by atoms with Crippen LogP contribution in [0.2, 0.25) is 0 Å². The van der Waals surface area contributed by atoms with Crippen molar-refractivity contribution in [2.75, 3.05) is 13.1 Å². The minimum Gasteiger partial charge on any atom is -0.509 e. The normalized spacial score (nSPS) is 15.1. The van der Waals surface area contributed by atoms with Crippen LogP contribution in [0.3, 0.4) is 0 Å². The molecule has 2 amide bonds. The number of amides is 2. The second kappa shape index (κ2) is 7.82. The van der Waals surface area contributed by atoms with E-state index in [0.717, 1.165) is 27.3 Å². The molecule has 0 aromatic heterocycles. The number of nitrogens with one attached hydrogen (secondary N) is 1. The summed E-state index contributed by atoms with van der Waals surface area (Å²) >= 11 is 1.05. The van der Waals surface area contributed by atoms with Gasteiger partial charge in [-0.1, -0.05) is 17.7 Å². The van der Waals surface area contributed by atoms with Crippen LogP contribution in [-0.4, -0.2) is 46.5 Å². The number of hydrogen-bond acceptors (Lipinski definition) is 6. The summed E-state index contributed by atoms with van der Waals surface area (Å²) in [4.78, 5) is 38.4. The largest absolute Gasteiger partial charge is 0.509 e. The molecule has 8 heteroatoms. The second-order valence-electron chi connectivity index (χ2n) is 6.93. The van der Waals surface area contributed by atoms with Crippen molar-refractivity contribution in [3.05, 3.63) is 41.2 Å². The van der Waals surface area contributed by atoms with Crippen LogP contribution in [0.5, 0.6) is 0 Å². The van der Waals surface area contributed by atoms with Crippen LogP contribution in [0.15, 0.2) is 40.5 Å². The van der Waals surface area contributed by atoms with E-state index in [9.17, 15) is 19.5 Å². The number of aliphatic hydroxyl groups excluding tert-OH is 1. The lowest BCUT2D eigenvalue weighted by atomic mass is 10.1. The molecule has 1 heterocycles. The summed E-state index contributed by atoms with van der Waals surface area (Å²) < 4.78 is 7.72. The van der Waals surface area contributed by atoms with E-state index in [1.165, 1.54) is 0 Å². The van der Waals surface area contributed by atoms with E-state index in [0.29, 0.717) is 0 Å². The van der Waals surface area contributed by atoms with Crippen LogP contribution in [0.4, 0.5) is 4.79 Å². The molecule has 2 N–H and O–H groups in total. The van der Waals surface area contributed by atoms with E-state index in [2.05, 4.69) is 4.72 Å². The highest BCUT2D eigenvalue weighted by molar-refractivity contribution is 7.98.